The van der Waals surface area contributed by atoms with Gasteiger partial charge in [-0.05, 0) is 61.7 Å². The van der Waals surface area contributed by atoms with E-state index < -0.39 is 0 Å². The molecule has 0 spiro atoms. The molecule has 2 saturated carbocycles. The highest BCUT2D eigenvalue weighted by atomic mass is 16.3. The molecule has 2 rings (SSSR count). The van der Waals surface area contributed by atoms with Crippen LogP contribution < -0.4 is 0 Å². The van der Waals surface area contributed by atoms with Crippen molar-refractivity contribution in [1.29, 1.82) is 0 Å². The molecule has 2 nitrogen and oxygen atoms in total. The van der Waals surface area contributed by atoms with Crippen LogP contribution in [-0.2, 0) is 0 Å². The van der Waals surface area contributed by atoms with Gasteiger partial charge >= 0.3 is 0 Å². The molecule has 2 N–H and O–H groups in total. The summed E-state index contributed by atoms with van der Waals surface area (Å²) < 4.78 is 0. The fourth-order valence-electron chi connectivity index (χ4n) is 3.86. The lowest BCUT2D eigenvalue weighted by atomic mass is 9.66. The van der Waals surface area contributed by atoms with Gasteiger partial charge in [0.05, 0.1) is 0 Å². The van der Waals surface area contributed by atoms with Crippen molar-refractivity contribution in [3.8, 4) is 0 Å². The topological polar surface area (TPSA) is 40.5 Å². The van der Waals surface area contributed by atoms with Crippen molar-refractivity contribution in [2.24, 2.45) is 23.2 Å². The number of aliphatic hydroxyl groups is 2. The molecule has 2 aliphatic carbocycles. The van der Waals surface area contributed by atoms with Crippen LogP contribution in [0.4, 0.5) is 0 Å². The Morgan fingerprint density at radius 2 is 1.93 bits per heavy atom. The maximum absolute atomic E-state index is 9.21. The molecule has 0 saturated heterocycles. The van der Waals surface area contributed by atoms with Crippen LogP contribution in [0.25, 0.3) is 0 Å². The van der Waals surface area contributed by atoms with E-state index in [1.807, 2.05) is 0 Å². The summed E-state index contributed by atoms with van der Waals surface area (Å²) in [5.41, 5.74) is 0.375. The molecule has 88 valence electrons. The molecule has 0 aromatic carbocycles. The minimum Gasteiger partial charge on any atom is -0.396 e. The third-order valence-electron chi connectivity index (χ3n) is 4.79. The predicted molar refractivity (Wildman–Crippen MR) is 60.5 cm³/mol. The van der Waals surface area contributed by atoms with Crippen LogP contribution in [0, 0.1) is 23.2 Å². The highest BCUT2D eigenvalue weighted by Gasteiger charge is 2.42. The predicted octanol–water partition coefficient (Wildman–Crippen LogP) is 2.19. The van der Waals surface area contributed by atoms with E-state index in [1.54, 1.807) is 0 Å². The summed E-state index contributed by atoms with van der Waals surface area (Å²) in [5, 5.41) is 18.3. The van der Waals surface area contributed by atoms with Crippen molar-refractivity contribution in [3.63, 3.8) is 0 Å². The summed E-state index contributed by atoms with van der Waals surface area (Å²) in [6.45, 7) is 3.03. The van der Waals surface area contributed by atoms with E-state index in [0.29, 0.717) is 24.5 Å². The molecule has 0 aliphatic heterocycles. The molecule has 4 atom stereocenters. The fourth-order valence-corrected chi connectivity index (χ4v) is 3.86. The number of fused-ring (bicyclic) bond motifs is 1. The van der Waals surface area contributed by atoms with E-state index in [2.05, 4.69) is 6.92 Å². The SMILES string of the molecule is CC1(CCO)CCC2CC(CO)CC2C1. The Balaban J connectivity index is 1.94. The first kappa shape index (κ1) is 11.4. The third-order valence-corrected chi connectivity index (χ3v) is 4.79. The van der Waals surface area contributed by atoms with E-state index >= 15 is 0 Å². The first-order valence-corrected chi connectivity index (χ1v) is 6.38. The van der Waals surface area contributed by atoms with Gasteiger partial charge in [-0.25, -0.2) is 0 Å². The first-order chi connectivity index (χ1) is 7.17. The largest absolute Gasteiger partial charge is 0.396 e. The molecule has 0 heterocycles. The second kappa shape index (κ2) is 4.42. The molecule has 2 fully saturated rings. The Labute approximate surface area is 92.7 Å². The molecule has 0 radical (unpaired) electrons. The number of hydrogen-bond donors (Lipinski definition) is 2. The smallest absolute Gasteiger partial charge is 0.0459 e. The van der Waals surface area contributed by atoms with Gasteiger partial charge in [0.2, 0.25) is 0 Å². The van der Waals surface area contributed by atoms with Crippen LogP contribution in [0.15, 0.2) is 0 Å². The van der Waals surface area contributed by atoms with Crippen molar-refractivity contribution in [2.45, 2.75) is 45.4 Å². The normalized spacial score (nSPS) is 45.4. The zero-order valence-electron chi connectivity index (χ0n) is 9.78. The van der Waals surface area contributed by atoms with Crippen LogP contribution in [0.3, 0.4) is 0 Å². The zero-order chi connectivity index (χ0) is 10.9. The Kier molecular flexibility index (Phi) is 3.36. The van der Waals surface area contributed by atoms with Crippen LogP contribution in [-0.4, -0.2) is 23.4 Å². The van der Waals surface area contributed by atoms with Crippen molar-refractivity contribution < 1.29 is 10.2 Å². The van der Waals surface area contributed by atoms with E-state index in [0.717, 1.165) is 18.3 Å². The quantitative estimate of drug-likeness (QED) is 0.753. The number of hydrogen-bond acceptors (Lipinski definition) is 2. The summed E-state index contributed by atoms with van der Waals surface area (Å²) >= 11 is 0. The van der Waals surface area contributed by atoms with E-state index in [9.17, 15) is 5.11 Å². The van der Waals surface area contributed by atoms with Gasteiger partial charge in [0.15, 0.2) is 0 Å². The average molecular weight is 212 g/mol. The molecule has 0 bridgehead atoms. The van der Waals surface area contributed by atoms with Crippen molar-refractivity contribution >= 4 is 0 Å². The van der Waals surface area contributed by atoms with Gasteiger partial charge < -0.3 is 10.2 Å². The third kappa shape index (κ3) is 2.36. The van der Waals surface area contributed by atoms with Crippen LogP contribution >= 0.6 is 0 Å². The van der Waals surface area contributed by atoms with Gasteiger partial charge in [-0.1, -0.05) is 6.92 Å². The molecule has 2 aliphatic rings. The standard InChI is InChI=1S/C13H24O2/c1-13(4-5-14)3-2-11-6-10(9-15)7-12(11)8-13/h10-12,14-15H,2-9H2,1H3. The lowest BCUT2D eigenvalue weighted by Gasteiger charge is -2.40. The van der Waals surface area contributed by atoms with Crippen LogP contribution in [0.2, 0.25) is 0 Å². The highest BCUT2D eigenvalue weighted by Crippen LogP contribution is 2.52. The molecule has 2 heteroatoms. The summed E-state index contributed by atoms with van der Waals surface area (Å²) in [6.07, 6.45) is 7.29. The summed E-state index contributed by atoms with van der Waals surface area (Å²) in [6, 6.07) is 0. The molecule has 0 amide bonds. The van der Waals surface area contributed by atoms with E-state index in [-0.39, 0.29) is 0 Å². The Hall–Kier alpha value is -0.0800. The van der Waals surface area contributed by atoms with Crippen LogP contribution in [0.1, 0.15) is 45.4 Å². The molecule has 15 heavy (non-hydrogen) atoms. The van der Waals surface area contributed by atoms with Crippen molar-refractivity contribution in [2.75, 3.05) is 13.2 Å². The number of rotatable bonds is 3. The molecule has 0 aromatic heterocycles. The zero-order valence-corrected chi connectivity index (χ0v) is 9.78. The second-order valence-electron chi connectivity index (χ2n) is 6.07. The maximum Gasteiger partial charge on any atom is 0.0459 e. The number of aliphatic hydroxyl groups excluding tert-OH is 2. The van der Waals surface area contributed by atoms with Gasteiger partial charge in [-0.3, -0.25) is 0 Å². The van der Waals surface area contributed by atoms with Gasteiger partial charge in [0.25, 0.3) is 0 Å². The highest BCUT2D eigenvalue weighted by molar-refractivity contribution is 4.93. The van der Waals surface area contributed by atoms with Crippen molar-refractivity contribution in [3.05, 3.63) is 0 Å². The summed E-state index contributed by atoms with van der Waals surface area (Å²) in [4.78, 5) is 0. The first-order valence-electron chi connectivity index (χ1n) is 6.38. The lowest BCUT2D eigenvalue weighted by Crippen LogP contribution is -2.30. The second-order valence-corrected chi connectivity index (χ2v) is 6.07. The lowest BCUT2D eigenvalue weighted by molar-refractivity contribution is 0.0890. The van der Waals surface area contributed by atoms with Gasteiger partial charge in [-0.15, -0.1) is 0 Å². The monoisotopic (exact) mass is 212 g/mol. The molecular formula is C13H24O2. The van der Waals surface area contributed by atoms with Gasteiger partial charge in [-0.2, -0.15) is 0 Å². The van der Waals surface area contributed by atoms with Crippen LogP contribution in [0.5, 0.6) is 0 Å². The van der Waals surface area contributed by atoms with E-state index in [1.165, 1.54) is 32.1 Å². The Morgan fingerprint density at radius 3 is 2.60 bits per heavy atom. The fraction of sp³-hybridized carbons (Fsp3) is 1.00. The minimum absolute atomic E-state index is 0.331. The molecule has 0 aromatic rings. The average Bonchev–Trinajstić information content (AvgIpc) is 2.59. The minimum atomic E-state index is 0.331. The molecule has 4 unspecified atom stereocenters. The Bertz CT molecular complexity index is 217. The molecular weight excluding hydrogens is 188 g/mol. The maximum atomic E-state index is 9.21. The summed E-state index contributed by atoms with van der Waals surface area (Å²) in [5.74, 6) is 2.26. The van der Waals surface area contributed by atoms with Gasteiger partial charge in [0, 0.05) is 13.2 Å². The summed E-state index contributed by atoms with van der Waals surface area (Å²) in [7, 11) is 0. The Morgan fingerprint density at radius 1 is 1.20 bits per heavy atom. The van der Waals surface area contributed by atoms with E-state index in [4.69, 9.17) is 5.11 Å². The van der Waals surface area contributed by atoms with Gasteiger partial charge in [0.1, 0.15) is 0 Å². The van der Waals surface area contributed by atoms with Crippen molar-refractivity contribution in [1.82, 2.24) is 0 Å².